The number of aliphatic imine (C=N–C) groups is 1. The summed E-state index contributed by atoms with van der Waals surface area (Å²) in [5.41, 5.74) is 11.5. The molecule has 0 unspecified atom stereocenters. The molecule has 2 aromatic rings. The number of sulfone groups is 1. The number of carbonyl (C=O) groups excluding carboxylic acids is 2. The SMILES string of the molecule is Cc1cc(C(=O)N=C(N)N)cc2c1Oc1c(Cl)cc(NC(=O)CNC3CC3)cc1CS2(=O)=O. The minimum absolute atomic E-state index is 0.00000633. The standard InChI is InChI=1S/C21H22ClN5O5S/c1-10-4-11(20(29)27-21(23)24)6-16-18(10)32-19-12(9-33(16,30)31)5-14(7-15(19)22)26-17(28)8-25-13-2-3-13/h4-7,13,25H,2-3,8-9H2,1H3,(H,26,28)(H4,23,24,27,29). The lowest BCUT2D eigenvalue weighted by Crippen LogP contribution is -2.29. The van der Waals surface area contributed by atoms with Crippen LogP contribution in [0.15, 0.2) is 34.2 Å². The van der Waals surface area contributed by atoms with Gasteiger partial charge in [0.05, 0.1) is 17.3 Å². The maximum Gasteiger partial charge on any atom is 0.280 e. The van der Waals surface area contributed by atoms with Gasteiger partial charge in [-0.05, 0) is 49.6 Å². The molecule has 2 aromatic carbocycles. The Morgan fingerprint density at radius 1 is 1.18 bits per heavy atom. The van der Waals surface area contributed by atoms with E-state index in [0.717, 1.165) is 12.8 Å². The van der Waals surface area contributed by atoms with E-state index < -0.39 is 27.5 Å². The van der Waals surface area contributed by atoms with Crippen molar-refractivity contribution in [1.29, 1.82) is 0 Å². The first-order valence-electron chi connectivity index (χ1n) is 10.1. The van der Waals surface area contributed by atoms with Gasteiger partial charge in [0.1, 0.15) is 16.4 Å². The fourth-order valence-electron chi connectivity index (χ4n) is 3.47. The average molecular weight is 492 g/mol. The molecule has 1 aliphatic heterocycles. The Morgan fingerprint density at radius 2 is 1.91 bits per heavy atom. The first kappa shape index (κ1) is 23.0. The van der Waals surface area contributed by atoms with E-state index in [0.29, 0.717) is 17.3 Å². The molecular formula is C21H22ClN5O5S. The van der Waals surface area contributed by atoms with Crippen LogP contribution in [-0.4, -0.2) is 38.8 Å². The number of benzene rings is 2. The van der Waals surface area contributed by atoms with Crippen molar-refractivity contribution in [2.24, 2.45) is 16.5 Å². The van der Waals surface area contributed by atoms with Gasteiger partial charge < -0.3 is 26.8 Å². The van der Waals surface area contributed by atoms with Crippen molar-refractivity contribution in [1.82, 2.24) is 5.32 Å². The van der Waals surface area contributed by atoms with Crippen LogP contribution in [0, 0.1) is 6.92 Å². The van der Waals surface area contributed by atoms with Crippen LogP contribution in [0.4, 0.5) is 5.69 Å². The number of carbonyl (C=O) groups is 2. The van der Waals surface area contributed by atoms with E-state index in [2.05, 4.69) is 15.6 Å². The van der Waals surface area contributed by atoms with Gasteiger partial charge in [-0.1, -0.05) is 11.6 Å². The molecule has 0 spiro atoms. The number of aryl methyl sites for hydroxylation is 1. The summed E-state index contributed by atoms with van der Waals surface area (Å²) in [5, 5.41) is 5.96. The lowest BCUT2D eigenvalue weighted by Gasteiger charge is -2.14. The summed E-state index contributed by atoms with van der Waals surface area (Å²) in [4.78, 5) is 27.7. The molecule has 4 rings (SSSR count). The van der Waals surface area contributed by atoms with E-state index >= 15 is 0 Å². The van der Waals surface area contributed by atoms with Crippen molar-refractivity contribution in [2.45, 2.75) is 36.5 Å². The van der Waals surface area contributed by atoms with E-state index in [9.17, 15) is 18.0 Å². The molecule has 174 valence electrons. The van der Waals surface area contributed by atoms with Crippen LogP contribution < -0.4 is 26.8 Å². The Bertz CT molecular complexity index is 1300. The number of amides is 2. The minimum atomic E-state index is -3.95. The summed E-state index contributed by atoms with van der Waals surface area (Å²) >= 11 is 6.41. The number of hydrogen-bond acceptors (Lipinski definition) is 6. The third-order valence-corrected chi connectivity index (χ3v) is 7.08. The Hall–Kier alpha value is -3.15. The Balaban J connectivity index is 1.69. The first-order valence-corrected chi connectivity index (χ1v) is 12.1. The van der Waals surface area contributed by atoms with Gasteiger partial charge in [0.15, 0.2) is 15.8 Å². The van der Waals surface area contributed by atoms with Crippen molar-refractivity contribution < 1.29 is 22.7 Å². The molecule has 2 amide bonds. The number of hydrogen-bond donors (Lipinski definition) is 4. The van der Waals surface area contributed by atoms with Gasteiger partial charge in [0.25, 0.3) is 5.91 Å². The number of ether oxygens (including phenoxy) is 1. The molecule has 1 fully saturated rings. The molecule has 0 aromatic heterocycles. The number of halogens is 1. The summed E-state index contributed by atoms with van der Waals surface area (Å²) in [6, 6.07) is 6.00. The molecule has 1 aliphatic carbocycles. The molecule has 12 heteroatoms. The molecule has 33 heavy (non-hydrogen) atoms. The van der Waals surface area contributed by atoms with E-state index in [1.807, 2.05) is 0 Å². The molecule has 0 atom stereocenters. The predicted octanol–water partition coefficient (Wildman–Crippen LogP) is 1.83. The highest BCUT2D eigenvalue weighted by Crippen LogP contribution is 2.44. The summed E-state index contributed by atoms with van der Waals surface area (Å²) in [6.07, 6.45) is 2.10. The van der Waals surface area contributed by atoms with Crippen molar-refractivity contribution in [2.75, 3.05) is 11.9 Å². The predicted molar refractivity (Wildman–Crippen MR) is 123 cm³/mol. The summed E-state index contributed by atoms with van der Waals surface area (Å²) in [6.45, 7) is 1.74. The van der Waals surface area contributed by atoms with Gasteiger partial charge >= 0.3 is 0 Å². The van der Waals surface area contributed by atoms with Gasteiger partial charge in [-0.15, -0.1) is 0 Å². The van der Waals surface area contributed by atoms with Crippen LogP contribution in [-0.2, 0) is 20.4 Å². The average Bonchev–Trinajstić information content (AvgIpc) is 3.53. The molecule has 1 saturated carbocycles. The number of nitrogens with zero attached hydrogens (tertiary/aromatic N) is 1. The third kappa shape index (κ3) is 5.10. The maximum absolute atomic E-state index is 13.2. The highest BCUT2D eigenvalue weighted by Gasteiger charge is 2.31. The minimum Gasteiger partial charge on any atom is -0.454 e. The highest BCUT2D eigenvalue weighted by molar-refractivity contribution is 7.90. The second-order valence-corrected chi connectivity index (χ2v) is 10.3. The summed E-state index contributed by atoms with van der Waals surface area (Å²) in [5.74, 6) is -1.70. The monoisotopic (exact) mass is 491 g/mol. The first-order chi connectivity index (χ1) is 15.5. The largest absolute Gasteiger partial charge is 0.454 e. The topological polar surface area (TPSA) is 166 Å². The second-order valence-electron chi connectivity index (χ2n) is 7.97. The molecule has 2 aliphatic rings. The zero-order valence-corrected chi connectivity index (χ0v) is 19.2. The molecule has 6 N–H and O–H groups in total. The molecule has 0 radical (unpaired) electrons. The number of fused-ring (bicyclic) bond motifs is 2. The van der Waals surface area contributed by atoms with Crippen molar-refractivity contribution in [3.63, 3.8) is 0 Å². The summed E-state index contributed by atoms with van der Waals surface area (Å²) < 4.78 is 32.4. The van der Waals surface area contributed by atoms with Gasteiger partial charge in [-0.2, -0.15) is 4.99 Å². The second kappa shape index (κ2) is 8.65. The quantitative estimate of drug-likeness (QED) is 0.363. The van der Waals surface area contributed by atoms with Crippen molar-refractivity contribution in [3.05, 3.63) is 46.0 Å². The number of rotatable bonds is 5. The number of anilines is 1. The normalized spacial score (nSPS) is 15.9. The fourth-order valence-corrected chi connectivity index (χ4v) is 5.32. The van der Waals surface area contributed by atoms with Crippen LogP contribution >= 0.6 is 11.6 Å². The van der Waals surface area contributed by atoms with E-state index in [-0.39, 0.29) is 45.0 Å². The molecule has 0 saturated heterocycles. The lowest BCUT2D eigenvalue weighted by molar-refractivity contribution is -0.115. The Morgan fingerprint density at radius 3 is 2.58 bits per heavy atom. The van der Waals surface area contributed by atoms with Crippen LogP contribution in [0.25, 0.3) is 0 Å². The zero-order chi connectivity index (χ0) is 23.9. The van der Waals surface area contributed by atoms with Crippen LogP contribution in [0.5, 0.6) is 11.5 Å². The smallest absolute Gasteiger partial charge is 0.280 e. The fraction of sp³-hybridized carbons (Fsp3) is 0.286. The summed E-state index contributed by atoms with van der Waals surface area (Å²) in [7, 11) is -3.95. The molecule has 10 nitrogen and oxygen atoms in total. The van der Waals surface area contributed by atoms with Crippen LogP contribution in [0.1, 0.15) is 34.3 Å². The van der Waals surface area contributed by atoms with Gasteiger partial charge in [0.2, 0.25) is 5.91 Å². The van der Waals surface area contributed by atoms with Crippen LogP contribution in [0.3, 0.4) is 0 Å². The number of nitrogens with one attached hydrogen (secondary N) is 2. The number of guanidine groups is 1. The zero-order valence-electron chi connectivity index (χ0n) is 17.6. The van der Waals surface area contributed by atoms with Gasteiger partial charge in [-0.3, -0.25) is 9.59 Å². The highest BCUT2D eigenvalue weighted by atomic mass is 35.5. The Labute approximate surface area is 195 Å². The molecule has 0 bridgehead atoms. The molecule has 1 heterocycles. The van der Waals surface area contributed by atoms with E-state index in [1.54, 1.807) is 6.92 Å². The maximum atomic E-state index is 13.2. The van der Waals surface area contributed by atoms with E-state index in [4.69, 9.17) is 27.8 Å². The molecular weight excluding hydrogens is 470 g/mol. The van der Waals surface area contributed by atoms with Crippen LogP contribution in [0.2, 0.25) is 5.02 Å². The van der Waals surface area contributed by atoms with Gasteiger partial charge in [-0.25, -0.2) is 8.42 Å². The van der Waals surface area contributed by atoms with Crippen molar-refractivity contribution in [3.8, 4) is 11.5 Å². The van der Waals surface area contributed by atoms with E-state index in [1.165, 1.54) is 24.3 Å². The Kier molecular flexibility index (Phi) is 6.04. The number of nitrogens with two attached hydrogens (primary N) is 2. The van der Waals surface area contributed by atoms with Gasteiger partial charge in [0, 0.05) is 22.9 Å². The lowest BCUT2D eigenvalue weighted by atomic mass is 10.1. The van der Waals surface area contributed by atoms with Crippen molar-refractivity contribution >= 4 is 44.9 Å². The third-order valence-electron chi connectivity index (χ3n) is 5.14.